The van der Waals surface area contributed by atoms with Crippen molar-refractivity contribution in [3.8, 4) is 0 Å². The molecule has 0 radical (unpaired) electrons. The summed E-state index contributed by atoms with van der Waals surface area (Å²) >= 11 is 0. The van der Waals surface area contributed by atoms with Gasteiger partial charge in [0.1, 0.15) is 0 Å². The number of nitrogens with zero attached hydrogens (tertiary/aromatic N) is 1. The topological polar surface area (TPSA) is 29.3 Å². The Labute approximate surface area is 99.6 Å². The first-order valence-electron chi connectivity index (χ1n) is 7.14. The van der Waals surface area contributed by atoms with E-state index in [2.05, 4.69) is 18.7 Å². The highest BCUT2D eigenvalue weighted by atomic mass is 15.2. The van der Waals surface area contributed by atoms with Crippen molar-refractivity contribution in [1.29, 1.82) is 0 Å². The molecule has 0 amide bonds. The fourth-order valence-corrected chi connectivity index (χ4v) is 4.64. The van der Waals surface area contributed by atoms with Gasteiger partial charge >= 0.3 is 0 Å². The van der Waals surface area contributed by atoms with E-state index in [0.29, 0.717) is 6.04 Å². The zero-order valence-corrected chi connectivity index (χ0v) is 10.7. The molecule has 2 saturated carbocycles. The number of hydrogen-bond donors (Lipinski definition) is 1. The molecule has 2 heteroatoms. The van der Waals surface area contributed by atoms with Crippen LogP contribution in [0.5, 0.6) is 0 Å². The van der Waals surface area contributed by atoms with Crippen LogP contribution in [-0.2, 0) is 0 Å². The first kappa shape index (κ1) is 11.0. The summed E-state index contributed by atoms with van der Waals surface area (Å²) in [6, 6.07) is 1.31. The molecule has 6 unspecified atom stereocenters. The molecule has 1 heterocycles. The molecule has 16 heavy (non-hydrogen) atoms. The molecule has 0 aromatic rings. The Morgan fingerprint density at radius 1 is 1.12 bits per heavy atom. The SMILES string of the molecule is CC1CC(C)N(CC2C3CCC(C3)C2N)C1. The maximum Gasteiger partial charge on any atom is 0.0111 e. The van der Waals surface area contributed by atoms with Crippen LogP contribution in [0.15, 0.2) is 0 Å². The number of rotatable bonds is 2. The van der Waals surface area contributed by atoms with Gasteiger partial charge in [-0.1, -0.05) is 6.92 Å². The Kier molecular flexibility index (Phi) is 2.75. The smallest absolute Gasteiger partial charge is 0.0111 e. The van der Waals surface area contributed by atoms with Gasteiger partial charge in [0.15, 0.2) is 0 Å². The Morgan fingerprint density at radius 2 is 1.88 bits per heavy atom. The van der Waals surface area contributed by atoms with Crippen LogP contribution in [0.25, 0.3) is 0 Å². The first-order valence-corrected chi connectivity index (χ1v) is 7.14. The van der Waals surface area contributed by atoms with Crippen molar-refractivity contribution in [2.75, 3.05) is 13.1 Å². The zero-order valence-electron chi connectivity index (χ0n) is 10.7. The highest BCUT2D eigenvalue weighted by molar-refractivity contribution is 5.00. The Morgan fingerprint density at radius 3 is 2.44 bits per heavy atom. The molecule has 0 spiro atoms. The van der Waals surface area contributed by atoms with E-state index < -0.39 is 0 Å². The van der Waals surface area contributed by atoms with Crippen LogP contribution < -0.4 is 5.73 Å². The molecule has 3 rings (SSSR count). The number of fused-ring (bicyclic) bond motifs is 2. The Bertz CT molecular complexity index is 263. The summed E-state index contributed by atoms with van der Waals surface area (Å²) in [4.78, 5) is 2.70. The second-order valence-corrected chi connectivity index (χ2v) is 6.72. The molecule has 2 nitrogen and oxygen atoms in total. The lowest BCUT2D eigenvalue weighted by Gasteiger charge is -2.33. The third-order valence-corrected chi connectivity index (χ3v) is 5.52. The van der Waals surface area contributed by atoms with Crippen molar-refractivity contribution >= 4 is 0 Å². The third kappa shape index (κ3) is 1.70. The molecule has 0 aromatic heterocycles. The third-order valence-electron chi connectivity index (χ3n) is 5.52. The molecule has 1 saturated heterocycles. The number of likely N-dealkylation sites (tertiary alicyclic amines) is 1. The van der Waals surface area contributed by atoms with Gasteiger partial charge in [0.05, 0.1) is 0 Å². The van der Waals surface area contributed by atoms with E-state index in [1.165, 1.54) is 38.8 Å². The maximum absolute atomic E-state index is 6.40. The van der Waals surface area contributed by atoms with Gasteiger partial charge in [-0.3, -0.25) is 0 Å². The van der Waals surface area contributed by atoms with E-state index in [-0.39, 0.29) is 0 Å². The monoisotopic (exact) mass is 222 g/mol. The minimum atomic E-state index is 0.516. The quantitative estimate of drug-likeness (QED) is 0.775. The molecule has 6 atom stereocenters. The fraction of sp³-hybridized carbons (Fsp3) is 1.00. The maximum atomic E-state index is 6.40. The molecular weight excluding hydrogens is 196 g/mol. The molecule has 2 bridgehead atoms. The molecular formula is C14H26N2. The van der Waals surface area contributed by atoms with E-state index in [1.807, 2.05) is 0 Å². The lowest BCUT2D eigenvalue weighted by molar-refractivity contribution is 0.168. The summed E-state index contributed by atoms with van der Waals surface area (Å²) < 4.78 is 0. The standard InChI is InChI=1S/C14H26N2/c1-9-5-10(2)16(7-9)8-13-11-3-4-12(6-11)14(13)15/h9-14H,3-8,15H2,1-2H3. The normalized spacial score (nSPS) is 52.7. The Hall–Kier alpha value is -0.0800. The zero-order chi connectivity index (χ0) is 11.3. The molecule has 3 fully saturated rings. The van der Waals surface area contributed by atoms with Crippen molar-refractivity contribution in [3.63, 3.8) is 0 Å². The lowest BCUT2D eigenvalue weighted by Crippen LogP contribution is -2.43. The average molecular weight is 222 g/mol. The van der Waals surface area contributed by atoms with Gasteiger partial charge in [-0.15, -0.1) is 0 Å². The molecule has 2 N–H and O–H groups in total. The second-order valence-electron chi connectivity index (χ2n) is 6.72. The van der Waals surface area contributed by atoms with Gasteiger partial charge in [0, 0.05) is 25.2 Å². The van der Waals surface area contributed by atoms with Crippen LogP contribution in [0.2, 0.25) is 0 Å². The second kappa shape index (κ2) is 3.99. The highest BCUT2D eigenvalue weighted by Gasteiger charge is 2.46. The van der Waals surface area contributed by atoms with Crippen LogP contribution in [0.3, 0.4) is 0 Å². The van der Waals surface area contributed by atoms with Crippen molar-refractivity contribution in [2.45, 2.75) is 51.6 Å². The van der Waals surface area contributed by atoms with Crippen LogP contribution in [0, 0.1) is 23.7 Å². The summed E-state index contributed by atoms with van der Waals surface area (Å²) in [6.45, 7) is 7.37. The Balaban J connectivity index is 1.63. The fourth-order valence-electron chi connectivity index (χ4n) is 4.64. The van der Waals surface area contributed by atoms with Gasteiger partial charge in [-0.05, 0) is 56.3 Å². The molecule has 1 aliphatic heterocycles. The van der Waals surface area contributed by atoms with Gasteiger partial charge in [-0.2, -0.15) is 0 Å². The van der Waals surface area contributed by atoms with E-state index in [1.54, 1.807) is 0 Å². The molecule has 2 aliphatic carbocycles. The van der Waals surface area contributed by atoms with Crippen LogP contribution in [0.1, 0.15) is 39.5 Å². The molecule has 3 aliphatic rings. The van der Waals surface area contributed by atoms with E-state index in [0.717, 1.165) is 29.7 Å². The summed E-state index contributed by atoms with van der Waals surface area (Å²) in [7, 11) is 0. The van der Waals surface area contributed by atoms with Crippen molar-refractivity contribution in [1.82, 2.24) is 4.90 Å². The van der Waals surface area contributed by atoms with E-state index in [4.69, 9.17) is 5.73 Å². The molecule has 92 valence electrons. The summed E-state index contributed by atoms with van der Waals surface area (Å²) in [5.41, 5.74) is 6.40. The van der Waals surface area contributed by atoms with Gasteiger partial charge in [0.25, 0.3) is 0 Å². The van der Waals surface area contributed by atoms with Crippen molar-refractivity contribution in [3.05, 3.63) is 0 Å². The van der Waals surface area contributed by atoms with Crippen LogP contribution in [-0.4, -0.2) is 30.1 Å². The van der Waals surface area contributed by atoms with Gasteiger partial charge in [-0.25, -0.2) is 0 Å². The predicted octanol–water partition coefficient (Wildman–Crippen LogP) is 2.09. The number of nitrogens with two attached hydrogens (primary N) is 1. The lowest BCUT2D eigenvalue weighted by atomic mass is 9.84. The van der Waals surface area contributed by atoms with Crippen LogP contribution in [0.4, 0.5) is 0 Å². The van der Waals surface area contributed by atoms with Crippen molar-refractivity contribution < 1.29 is 0 Å². The summed E-state index contributed by atoms with van der Waals surface area (Å²) in [6.07, 6.45) is 5.69. The van der Waals surface area contributed by atoms with Crippen LogP contribution >= 0.6 is 0 Å². The number of hydrogen-bond acceptors (Lipinski definition) is 2. The van der Waals surface area contributed by atoms with Crippen molar-refractivity contribution in [2.24, 2.45) is 29.4 Å². The first-order chi connectivity index (χ1) is 7.65. The highest BCUT2D eigenvalue weighted by Crippen LogP contribution is 2.48. The van der Waals surface area contributed by atoms with E-state index >= 15 is 0 Å². The summed E-state index contributed by atoms with van der Waals surface area (Å²) in [5.74, 6) is 3.53. The average Bonchev–Trinajstić information content (AvgIpc) is 2.87. The summed E-state index contributed by atoms with van der Waals surface area (Å²) in [5, 5.41) is 0. The molecule has 0 aromatic carbocycles. The van der Waals surface area contributed by atoms with Gasteiger partial charge in [0.2, 0.25) is 0 Å². The van der Waals surface area contributed by atoms with E-state index in [9.17, 15) is 0 Å². The minimum absolute atomic E-state index is 0.516. The predicted molar refractivity (Wildman–Crippen MR) is 67.1 cm³/mol. The largest absolute Gasteiger partial charge is 0.327 e. The minimum Gasteiger partial charge on any atom is -0.327 e. The van der Waals surface area contributed by atoms with Gasteiger partial charge < -0.3 is 10.6 Å².